The third-order valence-corrected chi connectivity index (χ3v) is 3.54. The summed E-state index contributed by atoms with van der Waals surface area (Å²) in [7, 11) is 0. The van der Waals surface area contributed by atoms with E-state index in [1.54, 1.807) is 0 Å². The first kappa shape index (κ1) is 10.3. The lowest BCUT2D eigenvalue weighted by Crippen LogP contribution is -2.63. The maximum Gasteiger partial charge on any atom is 0.116 e. The van der Waals surface area contributed by atoms with Gasteiger partial charge in [-0.05, 0) is 19.1 Å². The fourth-order valence-corrected chi connectivity index (χ4v) is 2.46. The molecule has 16 heavy (non-hydrogen) atoms. The molecule has 2 aliphatic heterocycles. The number of hydrogen-bond donors (Lipinski definition) is 1. The van der Waals surface area contributed by atoms with Gasteiger partial charge in [0.25, 0.3) is 0 Å². The van der Waals surface area contributed by atoms with E-state index in [2.05, 4.69) is 11.4 Å². The number of aryl methyl sites for hydroxylation is 1. The Labute approximate surface area is 94.9 Å². The van der Waals surface area contributed by atoms with Gasteiger partial charge < -0.3 is 19.2 Å². The highest BCUT2D eigenvalue weighted by atomic mass is 16.5. The lowest BCUT2D eigenvalue weighted by atomic mass is 9.76. The van der Waals surface area contributed by atoms with Crippen molar-refractivity contribution in [2.45, 2.75) is 18.4 Å². The maximum atomic E-state index is 5.77. The quantitative estimate of drug-likeness (QED) is 0.807. The van der Waals surface area contributed by atoms with Crippen molar-refractivity contribution in [2.75, 3.05) is 33.0 Å². The van der Waals surface area contributed by atoms with Gasteiger partial charge in [-0.1, -0.05) is 0 Å². The van der Waals surface area contributed by atoms with Gasteiger partial charge in [-0.25, -0.2) is 0 Å². The average Bonchev–Trinajstić information content (AvgIpc) is 2.65. The smallest absolute Gasteiger partial charge is 0.116 e. The molecule has 2 aliphatic rings. The molecule has 0 amide bonds. The van der Waals surface area contributed by atoms with Gasteiger partial charge in [0.15, 0.2) is 0 Å². The van der Waals surface area contributed by atoms with Crippen molar-refractivity contribution in [1.29, 1.82) is 0 Å². The first-order chi connectivity index (χ1) is 7.81. The van der Waals surface area contributed by atoms with E-state index >= 15 is 0 Å². The third-order valence-electron chi connectivity index (χ3n) is 3.54. The number of rotatable bonds is 2. The Hall–Kier alpha value is -0.840. The number of hydrogen-bond acceptors (Lipinski definition) is 4. The fraction of sp³-hybridized carbons (Fsp3) is 0.667. The van der Waals surface area contributed by atoms with E-state index < -0.39 is 0 Å². The van der Waals surface area contributed by atoms with E-state index in [-0.39, 0.29) is 5.41 Å². The standard InChI is InChI=1S/C12H17NO3/c1-9-2-3-11(16-9)12(7-15-8-12)10-6-14-5-4-13-10/h2-3,10,13H,4-8H2,1H3. The molecule has 1 N–H and O–H groups in total. The molecule has 1 atom stereocenters. The van der Waals surface area contributed by atoms with Gasteiger partial charge in [-0.2, -0.15) is 0 Å². The molecule has 1 aromatic rings. The SMILES string of the molecule is Cc1ccc(C2(C3COCCN3)COC2)o1. The van der Waals surface area contributed by atoms with E-state index in [0.29, 0.717) is 6.04 Å². The van der Waals surface area contributed by atoms with Crippen molar-refractivity contribution in [1.82, 2.24) is 5.32 Å². The van der Waals surface area contributed by atoms with E-state index in [1.807, 2.05) is 13.0 Å². The zero-order valence-electron chi connectivity index (χ0n) is 9.49. The van der Waals surface area contributed by atoms with Crippen LogP contribution in [0.2, 0.25) is 0 Å². The van der Waals surface area contributed by atoms with Crippen LogP contribution in [0.3, 0.4) is 0 Å². The van der Waals surface area contributed by atoms with Crippen LogP contribution in [0.15, 0.2) is 16.5 Å². The molecule has 0 bridgehead atoms. The Morgan fingerprint density at radius 1 is 1.31 bits per heavy atom. The molecule has 3 rings (SSSR count). The Morgan fingerprint density at radius 3 is 2.69 bits per heavy atom. The van der Waals surface area contributed by atoms with Gasteiger partial charge in [0.1, 0.15) is 11.5 Å². The van der Waals surface area contributed by atoms with E-state index in [0.717, 1.165) is 44.5 Å². The van der Waals surface area contributed by atoms with Crippen molar-refractivity contribution in [2.24, 2.45) is 0 Å². The molecule has 0 aromatic carbocycles. The number of furan rings is 1. The predicted molar refractivity (Wildman–Crippen MR) is 58.6 cm³/mol. The second-order valence-electron chi connectivity index (χ2n) is 4.64. The summed E-state index contributed by atoms with van der Waals surface area (Å²) in [6.07, 6.45) is 0. The molecule has 0 spiro atoms. The van der Waals surface area contributed by atoms with Crippen LogP contribution in [0, 0.1) is 6.92 Å². The van der Waals surface area contributed by atoms with Gasteiger partial charge in [0, 0.05) is 12.6 Å². The summed E-state index contributed by atoms with van der Waals surface area (Å²) >= 11 is 0. The minimum atomic E-state index is -0.0192. The van der Waals surface area contributed by atoms with Crippen molar-refractivity contribution in [3.63, 3.8) is 0 Å². The Kier molecular flexibility index (Phi) is 2.50. The fourth-order valence-electron chi connectivity index (χ4n) is 2.46. The van der Waals surface area contributed by atoms with E-state index in [1.165, 1.54) is 0 Å². The van der Waals surface area contributed by atoms with Crippen LogP contribution in [0.25, 0.3) is 0 Å². The highest BCUT2D eigenvalue weighted by Crippen LogP contribution is 2.37. The number of morpholine rings is 1. The zero-order valence-corrected chi connectivity index (χ0v) is 9.49. The molecule has 2 saturated heterocycles. The number of nitrogens with one attached hydrogen (secondary N) is 1. The average molecular weight is 223 g/mol. The lowest BCUT2D eigenvalue weighted by molar-refractivity contribution is -0.109. The van der Waals surface area contributed by atoms with Crippen LogP contribution in [0.4, 0.5) is 0 Å². The molecule has 4 nitrogen and oxygen atoms in total. The molecule has 1 aromatic heterocycles. The Morgan fingerprint density at radius 2 is 2.19 bits per heavy atom. The van der Waals surface area contributed by atoms with Gasteiger partial charge in [0.2, 0.25) is 0 Å². The van der Waals surface area contributed by atoms with Crippen molar-refractivity contribution in [3.05, 3.63) is 23.7 Å². The van der Waals surface area contributed by atoms with Crippen LogP contribution in [0.5, 0.6) is 0 Å². The van der Waals surface area contributed by atoms with Crippen LogP contribution in [-0.4, -0.2) is 39.0 Å². The second kappa shape index (κ2) is 3.87. The monoisotopic (exact) mass is 223 g/mol. The summed E-state index contributed by atoms with van der Waals surface area (Å²) in [5.41, 5.74) is -0.0192. The van der Waals surface area contributed by atoms with Crippen molar-refractivity contribution < 1.29 is 13.9 Å². The van der Waals surface area contributed by atoms with Crippen LogP contribution in [-0.2, 0) is 14.9 Å². The molecule has 0 radical (unpaired) electrons. The zero-order chi connectivity index (χ0) is 11.0. The molecule has 0 saturated carbocycles. The summed E-state index contributed by atoms with van der Waals surface area (Å²) in [6.45, 7) is 5.86. The molecular weight excluding hydrogens is 206 g/mol. The summed E-state index contributed by atoms with van der Waals surface area (Å²) in [5, 5.41) is 3.50. The van der Waals surface area contributed by atoms with Gasteiger partial charge >= 0.3 is 0 Å². The van der Waals surface area contributed by atoms with Crippen molar-refractivity contribution in [3.8, 4) is 0 Å². The molecule has 0 aliphatic carbocycles. The van der Waals surface area contributed by atoms with Crippen LogP contribution >= 0.6 is 0 Å². The van der Waals surface area contributed by atoms with E-state index in [9.17, 15) is 0 Å². The third kappa shape index (κ3) is 1.49. The van der Waals surface area contributed by atoms with Gasteiger partial charge in [-0.3, -0.25) is 0 Å². The second-order valence-corrected chi connectivity index (χ2v) is 4.64. The largest absolute Gasteiger partial charge is 0.466 e. The summed E-state index contributed by atoms with van der Waals surface area (Å²) in [4.78, 5) is 0. The highest BCUT2D eigenvalue weighted by Gasteiger charge is 2.50. The van der Waals surface area contributed by atoms with Crippen molar-refractivity contribution >= 4 is 0 Å². The van der Waals surface area contributed by atoms with Crippen LogP contribution < -0.4 is 5.32 Å². The molecule has 88 valence electrons. The Balaban J connectivity index is 1.87. The first-order valence-electron chi connectivity index (χ1n) is 5.77. The Bertz CT molecular complexity index is 364. The first-order valence-corrected chi connectivity index (χ1v) is 5.77. The molecule has 3 heterocycles. The van der Waals surface area contributed by atoms with Gasteiger partial charge in [-0.15, -0.1) is 0 Å². The number of ether oxygens (including phenoxy) is 2. The maximum absolute atomic E-state index is 5.77. The minimum absolute atomic E-state index is 0.0192. The molecule has 2 fully saturated rings. The summed E-state index contributed by atoms with van der Waals surface area (Å²) in [6, 6.07) is 4.38. The molecule has 4 heteroatoms. The van der Waals surface area contributed by atoms with E-state index in [4.69, 9.17) is 13.9 Å². The lowest BCUT2D eigenvalue weighted by Gasteiger charge is -2.47. The predicted octanol–water partition coefficient (Wildman–Crippen LogP) is 0.844. The minimum Gasteiger partial charge on any atom is -0.466 e. The van der Waals surface area contributed by atoms with Crippen LogP contribution in [0.1, 0.15) is 11.5 Å². The highest BCUT2D eigenvalue weighted by molar-refractivity contribution is 5.24. The summed E-state index contributed by atoms with van der Waals surface area (Å²) < 4.78 is 16.7. The topological polar surface area (TPSA) is 43.6 Å². The van der Waals surface area contributed by atoms with Gasteiger partial charge in [0.05, 0.1) is 31.8 Å². The normalized spacial score (nSPS) is 28.7. The summed E-state index contributed by atoms with van der Waals surface area (Å²) in [5.74, 6) is 1.98. The molecular formula is C12H17NO3. The molecule has 1 unspecified atom stereocenters.